The summed E-state index contributed by atoms with van der Waals surface area (Å²) in [6, 6.07) is 196. The number of hydrogen-bond acceptors (Lipinski definition) is 0. The molecule has 9 aromatic heterocycles. The quantitative estimate of drug-likeness (QED) is 0.124. The van der Waals surface area contributed by atoms with Gasteiger partial charge in [0.1, 0.15) is 0 Å². The summed E-state index contributed by atoms with van der Waals surface area (Å²) in [5.41, 5.74) is 37.0. The van der Waals surface area contributed by atoms with E-state index in [2.05, 4.69) is 581 Å². The second kappa shape index (κ2) is 33.5. The summed E-state index contributed by atoms with van der Waals surface area (Å²) < 4.78 is 21.9. The van der Waals surface area contributed by atoms with E-state index in [0.717, 1.165) is 39.8 Å². The molecule has 0 aliphatic heterocycles. The molecule has 0 bridgehead atoms. The highest BCUT2D eigenvalue weighted by molar-refractivity contribution is 6.30. The van der Waals surface area contributed by atoms with Gasteiger partial charge in [-0.25, -0.2) is 0 Å². The molecular formula is C138H89N9. The van der Waals surface area contributed by atoms with E-state index in [1.165, 1.54) is 230 Å². The average Bonchev–Trinajstić information content (AvgIpc) is 1.53. The van der Waals surface area contributed by atoms with E-state index in [4.69, 9.17) is 0 Å². The molecule has 686 valence electrons. The Morgan fingerprint density at radius 3 is 0.626 bits per heavy atom. The summed E-state index contributed by atoms with van der Waals surface area (Å²) in [7, 11) is 0. The zero-order valence-corrected chi connectivity index (χ0v) is 79.9. The summed E-state index contributed by atoms with van der Waals surface area (Å²) in [4.78, 5) is 0. The largest absolute Gasteiger partial charge is 0.309 e. The molecule has 32 aromatic rings. The van der Waals surface area contributed by atoms with E-state index in [1.54, 1.807) is 0 Å². The van der Waals surface area contributed by atoms with Crippen molar-refractivity contribution < 1.29 is 0 Å². The van der Waals surface area contributed by atoms with Gasteiger partial charge in [0.05, 0.1) is 99.3 Å². The van der Waals surface area contributed by atoms with Crippen molar-refractivity contribution >= 4 is 196 Å². The lowest BCUT2D eigenvalue weighted by molar-refractivity contribution is 1.16. The van der Waals surface area contributed by atoms with Gasteiger partial charge in [0.15, 0.2) is 0 Å². The first-order valence-corrected chi connectivity index (χ1v) is 50.5. The van der Waals surface area contributed by atoms with Crippen LogP contribution < -0.4 is 0 Å². The highest BCUT2D eigenvalue weighted by atomic mass is 15.1. The zero-order valence-electron chi connectivity index (χ0n) is 79.9. The highest BCUT2D eigenvalue weighted by Crippen LogP contribution is 2.52. The van der Waals surface area contributed by atoms with E-state index < -0.39 is 0 Å². The van der Waals surface area contributed by atoms with Gasteiger partial charge in [-0.15, -0.1) is 0 Å². The number of para-hydroxylation sites is 17. The second-order valence-corrected chi connectivity index (χ2v) is 38.5. The molecule has 147 heavy (non-hydrogen) atoms. The van der Waals surface area contributed by atoms with Gasteiger partial charge >= 0.3 is 0 Å². The Hall–Kier alpha value is -19.7. The number of rotatable bonds is 11. The molecule has 9 heterocycles. The van der Waals surface area contributed by atoms with Crippen LogP contribution in [0.2, 0.25) is 0 Å². The fourth-order valence-corrected chi connectivity index (χ4v) is 24.6. The number of hydrogen-bond donors (Lipinski definition) is 0. The van der Waals surface area contributed by atoms with Gasteiger partial charge in [0, 0.05) is 159 Å². The predicted octanol–water partition coefficient (Wildman–Crippen LogP) is 36.3. The Labute approximate surface area is 844 Å². The molecule has 0 radical (unpaired) electrons. The zero-order chi connectivity index (χ0) is 96.4. The maximum Gasteiger partial charge on any atom is 0.0627 e. The van der Waals surface area contributed by atoms with Crippen molar-refractivity contribution in [2.75, 3.05) is 0 Å². The van der Waals surface area contributed by atoms with Crippen LogP contribution in [-0.2, 0) is 0 Å². The van der Waals surface area contributed by atoms with Gasteiger partial charge in [-0.1, -0.05) is 328 Å². The van der Waals surface area contributed by atoms with Crippen LogP contribution in [0, 0.1) is 0 Å². The minimum Gasteiger partial charge on any atom is -0.309 e. The molecule has 0 aliphatic rings. The monoisotopic (exact) mass is 1870 g/mol. The van der Waals surface area contributed by atoms with Crippen molar-refractivity contribution in [3.05, 3.63) is 540 Å². The van der Waals surface area contributed by atoms with Crippen molar-refractivity contribution in [3.63, 3.8) is 0 Å². The molecule has 0 atom stereocenters. The second-order valence-electron chi connectivity index (χ2n) is 38.5. The minimum atomic E-state index is 1.14. The first-order valence-electron chi connectivity index (χ1n) is 50.5. The van der Waals surface area contributed by atoms with Gasteiger partial charge in [-0.3, -0.25) is 0 Å². The third-order valence-corrected chi connectivity index (χ3v) is 30.6. The first kappa shape index (κ1) is 83.1. The average molecular weight is 1870 g/mol. The van der Waals surface area contributed by atoms with E-state index in [1.807, 2.05) is 0 Å². The van der Waals surface area contributed by atoms with Crippen LogP contribution in [0.25, 0.3) is 270 Å². The minimum absolute atomic E-state index is 1.14. The Kier molecular flexibility index (Phi) is 18.9. The van der Waals surface area contributed by atoms with Crippen molar-refractivity contribution in [3.8, 4) is 73.4 Å². The van der Waals surface area contributed by atoms with Gasteiger partial charge < -0.3 is 41.1 Å². The van der Waals surface area contributed by atoms with E-state index in [0.29, 0.717) is 0 Å². The lowest BCUT2D eigenvalue weighted by atomic mass is 9.94. The molecule has 0 N–H and O–H groups in total. The predicted molar refractivity (Wildman–Crippen MR) is 619 cm³/mol. The third-order valence-electron chi connectivity index (χ3n) is 30.6. The van der Waals surface area contributed by atoms with Crippen LogP contribution >= 0.6 is 0 Å². The van der Waals surface area contributed by atoms with E-state index >= 15 is 0 Å². The van der Waals surface area contributed by atoms with E-state index in [-0.39, 0.29) is 0 Å². The van der Waals surface area contributed by atoms with Crippen LogP contribution in [0.1, 0.15) is 0 Å². The fourth-order valence-electron chi connectivity index (χ4n) is 24.6. The van der Waals surface area contributed by atoms with Gasteiger partial charge in [0.25, 0.3) is 0 Å². The normalized spacial score (nSPS) is 11.9. The molecule has 9 nitrogen and oxygen atoms in total. The first-order chi connectivity index (χ1) is 73.0. The number of nitrogens with zero attached hydrogens (tertiary/aromatic N) is 9. The SMILES string of the molecule is c1ccc(-n2c3ccccc3c3c(-c4cccc(-n5c6ccccc6c6ccccc65)c4)c4c(cc32)c2ccccc2n4-c2ccccc2)cc1.c1ccc(-n2c3ccccc3c3cc(-c4c5c6ccccc6n(-c6ccccc6)c5cc5c6ccccc6n(-c6ccccc6)c45)ccc32)cc1.c1ccc(-n2c3ccccc3c3cc(-n4c5ccccc5c5cc6c(cc54)c4ccccc4n6-c4ccccc4)ccc32)cc1. The van der Waals surface area contributed by atoms with Crippen molar-refractivity contribution in [1.29, 1.82) is 0 Å². The summed E-state index contributed by atoms with van der Waals surface area (Å²) in [5, 5.41) is 22.5. The lowest BCUT2D eigenvalue weighted by Gasteiger charge is -2.16. The van der Waals surface area contributed by atoms with Crippen LogP contribution in [-0.4, -0.2) is 41.1 Å². The van der Waals surface area contributed by atoms with Crippen molar-refractivity contribution in [1.82, 2.24) is 41.1 Å². The molecule has 0 spiro atoms. The number of benzene rings is 23. The molecule has 23 aromatic carbocycles. The Morgan fingerprint density at radius 1 is 0.0952 bits per heavy atom. The summed E-state index contributed by atoms with van der Waals surface area (Å²) in [5.74, 6) is 0. The summed E-state index contributed by atoms with van der Waals surface area (Å²) in [6.45, 7) is 0. The van der Waals surface area contributed by atoms with Gasteiger partial charge in [0.2, 0.25) is 0 Å². The van der Waals surface area contributed by atoms with Crippen LogP contribution in [0.15, 0.2) is 540 Å². The van der Waals surface area contributed by atoms with Crippen LogP contribution in [0.4, 0.5) is 0 Å². The molecule has 0 saturated heterocycles. The molecule has 9 heteroatoms. The fraction of sp³-hybridized carbons (Fsp3) is 0. The molecule has 32 rings (SSSR count). The van der Waals surface area contributed by atoms with E-state index in [9.17, 15) is 0 Å². The molecule has 0 saturated carbocycles. The topological polar surface area (TPSA) is 44.4 Å². The Balaban J connectivity index is 0.000000102. The van der Waals surface area contributed by atoms with Gasteiger partial charge in [-0.05, 0) is 223 Å². The molecular weight excluding hydrogens is 1780 g/mol. The summed E-state index contributed by atoms with van der Waals surface area (Å²) in [6.07, 6.45) is 0. The molecule has 0 unspecified atom stereocenters. The summed E-state index contributed by atoms with van der Waals surface area (Å²) >= 11 is 0. The maximum absolute atomic E-state index is 2.48. The molecule has 0 aliphatic carbocycles. The molecule has 0 amide bonds. The Morgan fingerprint density at radius 2 is 0.293 bits per heavy atom. The van der Waals surface area contributed by atoms with Crippen LogP contribution in [0.3, 0.4) is 0 Å². The number of fused-ring (bicyclic) bond motifs is 27. The third kappa shape index (κ3) is 12.8. The lowest BCUT2D eigenvalue weighted by Crippen LogP contribution is -1.98. The van der Waals surface area contributed by atoms with Gasteiger partial charge in [-0.2, -0.15) is 0 Å². The Bertz CT molecular complexity index is 10900. The maximum atomic E-state index is 2.48. The molecule has 0 fully saturated rings. The number of aromatic nitrogens is 9. The van der Waals surface area contributed by atoms with Crippen molar-refractivity contribution in [2.24, 2.45) is 0 Å². The van der Waals surface area contributed by atoms with Crippen molar-refractivity contribution in [2.45, 2.75) is 0 Å². The highest BCUT2D eigenvalue weighted by Gasteiger charge is 2.30. The smallest absolute Gasteiger partial charge is 0.0627 e. The standard InChI is InChI=1S/2C48H31N3.C42H27N3/c1-4-16-33(17-5-1)49-41-25-13-10-22-36(41)39-30-32(28-29-44(39)49)46-47-38-24-12-15-27-43(38)50(34-18-6-2-7-19-34)45(47)31-40-37-23-11-14-26-42(37)51(48(40)46)35-20-8-3-9-21-35;1-3-17-33(18-4-1)49-44-29-14-10-25-39(44)47-45(49)31-40-38-24-9-13-28-43(38)51(34-19-5-2-6-20-34)48(40)46(47)32-16-15-21-35(30-32)50-41-26-11-7-22-36(41)37-23-8-12-27-42(37)50;1-3-13-28(14-4-1)43-37-20-10-7-17-31(37)34-25-30(23-24-40(34)43)45-39-22-12-9-19-33(39)36-26-41-35(27-42(36)45)32-18-8-11-21-38(32)44(41)29-15-5-2-6-16-29/h2*1-31H;1-27H. The van der Waals surface area contributed by atoms with Crippen LogP contribution in [0.5, 0.6) is 0 Å².